The number of nitrogens with one attached hydrogen (secondary N) is 2. The van der Waals surface area contributed by atoms with E-state index < -0.39 is 0 Å². The fourth-order valence-electron chi connectivity index (χ4n) is 3.77. The van der Waals surface area contributed by atoms with E-state index in [2.05, 4.69) is 24.1 Å². The number of pyridine rings is 1. The molecule has 0 bridgehead atoms. The second-order valence-electron chi connectivity index (χ2n) is 8.30. The Labute approximate surface area is 181 Å². The third kappa shape index (κ3) is 4.87. The molecule has 8 heteroatoms. The first-order chi connectivity index (χ1) is 14.5. The lowest BCUT2D eigenvalue weighted by atomic mass is 10.1. The Kier molecular flexibility index (Phi) is 6.43. The van der Waals surface area contributed by atoms with E-state index >= 15 is 0 Å². The molecular formula is C22H29N3O4S. The standard InChI is InChI=1S/C22H29N3O4S/c1-14(2)11-23-22(30)25(13-17-4-3-5-27-17)12-16-8-15-9-19-20(29-7-6-28-19)10-18(15)24-21(16)26/h8-10,14,17H,3-7,11-13H2,1-2H3,(H,23,30)(H,24,26). The molecule has 1 atom stereocenters. The maximum Gasteiger partial charge on any atom is 0.253 e. The highest BCUT2D eigenvalue weighted by Gasteiger charge is 2.22. The molecule has 1 fully saturated rings. The Bertz CT molecular complexity index is 969. The summed E-state index contributed by atoms with van der Waals surface area (Å²) in [6.45, 7) is 7.99. The van der Waals surface area contributed by atoms with Crippen LogP contribution in [0.1, 0.15) is 32.3 Å². The summed E-state index contributed by atoms with van der Waals surface area (Å²) < 4.78 is 17.1. The third-order valence-electron chi connectivity index (χ3n) is 5.34. The van der Waals surface area contributed by atoms with E-state index in [1.54, 1.807) is 0 Å². The van der Waals surface area contributed by atoms with Crippen LogP contribution in [0.15, 0.2) is 23.0 Å². The van der Waals surface area contributed by atoms with Gasteiger partial charge in [-0.2, -0.15) is 0 Å². The second-order valence-corrected chi connectivity index (χ2v) is 8.69. The number of fused-ring (bicyclic) bond motifs is 2. The third-order valence-corrected chi connectivity index (χ3v) is 5.74. The number of rotatable bonds is 6. The first-order valence-corrected chi connectivity index (χ1v) is 11.0. The van der Waals surface area contributed by atoms with E-state index in [1.165, 1.54) is 0 Å². The highest BCUT2D eigenvalue weighted by Crippen LogP contribution is 2.33. The van der Waals surface area contributed by atoms with Gasteiger partial charge in [0.15, 0.2) is 16.6 Å². The average molecular weight is 432 g/mol. The number of benzene rings is 1. The molecule has 2 N–H and O–H groups in total. The Balaban J connectivity index is 1.59. The number of aromatic amines is 1. The molecule has 162 valence electrons. The van der Waals surface area contributed by atoms with E-state index in [0.717, 1.165) is 36.9 Å². The van der Waals surface area contributed by atoms with E-state index in [-0.39, 0.29) is 11.7 Å². The molecule has 7 nitrogen and oxygen atoms in total. The molecule has 1 aromatic heterocycles. The van der Waals surface area contributed by atoms with Gasteiger partial charge in [-0.05, 0) is 43.1 Å². The predicted octanol–water partition coefficient (Wildman–Crippen LogP) is 2.81. The van der Waals surface area contributed by atoms with Gasteiger partial charge in [-0.25, -0.2) is 0 Å². The van der Waals surface area contributed by atoms with Gasteiger partial charge >= 0.3 is 0 Å². The van der Waals surface area contributed by atoms with Crippen LogP contribution in [0.2, 0.25) is 0 Å². The fraction of sp³-hybridized carbons (Fsp3) is 0.545. The van der Waals surface area contributed by atoms with E-state index in [1.807, 2.05) is 23.1 Å². The molecule has 30 heavy (non-hydrogen) atoms. The van der Waals surface area contributed by atoms with Crippen molar-refractivity contribution < 1.29 is 14.2 Å². The van der Waals surface area contributed by atoms with E-state index in [0.29, 0.717) is 54.4 Å². The minimum absolute atomic E-state index is 0.122. The first kappa shape index (κ1) is 20.9. The molecule has 0 saturated carbocycles. The average Bonchev–Trinajstić information content (AvgIpc) is 3.23. The quantitative estimate of drug-likeness (QED) is 0.681. The number of hydrogen-bond donors (Lipinski definition) is 2. The Morgan fingerprint density at radius 2 is 2.00 bits per heavy atom. The number of ether oxygens (including phenoxy) is 3. The molecule has 2 aliphatic rings. The number of thiocarbonyl (C=S) groups is 1. The highest BCUT2D eigenvalue weighted by molar-refractivity contribution is 7.80. The summed E-state index contributed by atoms with van der Waals surface area (Å²) in [5.41, 5.74) is 1.27. The topological polar surface area (TPSA) is 75.8 Å². The summed E-state index contributed by atoms with van der Waals surface area (Å²) >= 11 is 5.66. The van der Waals surface area contributed by atoms with Gasteiger partial charge in [0.1, 0.15) is 13.2 Å². The molecule has 3 heterocycles. The van der Waals surface area contributed by atoms with Gasteiger partial charge in [0, 0.05) is 36.7 Å². The van der Waals surface area contributed by atoms with Crippen molar-refractivity contribution in [2.75, 3.05) is 32.9 Å². The van der Waals surface area contributed by atoms with E-state index in [9.17, 15) is 4.79 Å². The lowest BCUT2D eigenvalue weighted by Crippen LogP contribution is -2.44. The zero-order valence-electron chi connectivity index (χ0n) is 17.5. The van der Waals surface area contributed by atoms with E-state index in [4.69, 9.17) is 26.4 Å². The number of aromatic nitrogens is 1. The molecule has 0 spiro atoms. The van der Waals surface area contributed by atoms with Crippen LogP contribution < -0.4 is 20.3 Å². The summed E-state index contributed by atoms with van der Waals surface area (Å²) in [6.07, 6.45) is 2.22. The van der Waals surface area contributed by atoms with Crippen LogP contribution in [-0.4, -0.2) is 54.0 Å². The number of nitrogens with zero attached hydrogens (tertiary/aromatic N) is 1. The molecule has 2 aliphatic heterocycles. The first-order valence-electron chi connectivity index (χ1n) is 10.6. The van der Waals surface area contributed by atoms with Crippen LogP contribution >= 0.6 is 12.2 Å². The van der Waals surface area contributed by atoms with Crippen LogP contribution in [0.4, 0.5) is 0 Å². The van der Waals surface area contributed by atoms with Crippen molar-refractivity contribution in [3.8, 4) is 11.5 Å². The molecule has 0 radical (unpaired) electrons. The summed E-state index contributed by atoms with van der Waals surface area (Å²) in [6, 6.07) is 5.66. The largest absolute Gasteiger partial charge is 0.486 e. The summed E-state index contributed by atoms with van der Waals surface area (Å²) in [5, 5.41) is 4.89. The van der Waals surface area contributed by atoms with Gasteiger partial charge in [-0.1, -0.05) is 13.8 Å². The van der Waals surface area contributed by atoms with Crippen molar-refractivity contribution in [1.29, 1.82) is 0 Å². The zero-order chi connectivity index (χ0) is 21.1. The van der Waals surface area contributed by atoms with Gasteiger partial charge in [-0.3, -0.25) is 4.79 Å². The molecule has 2 aromatic rings. The smallest absolute Gasteiger partial charge is 0.253 e. The van der Waals surface area contributed by atoms with Gasteiger partial charge in [0.25, 0.3) is 5.56 Å². The summed E-state index contributed by atoms with van der Waals surface area (Å²) in [7, 11) is 0. The van der Waals surface area contributed by atoms with Gasteiger partial charge < -0.3 is 29.4 Å². The lowest BCUT2D eigenvalue weighted by molar-refractivity contribution is 0.0896. The summed E-state index contributed by atoms with van der Waals surface area (Å²) in [5.74, 6) is 1.85. The fourth-order valence-corrected chi connectivity index (χ4v) is 3.99. The molecule has 1 aromatic carbocycles. The van der Waals surface area contributed by atoms with Gasteiger partial charge in [-0.15, -0.1) is 0 Å². The Morgan fingerprint density at radius 1 is 1.23 bits per heavy atom. The number of hydrogen-bond acceptors (Lipinski definition) is 5. The van der Waals surface area contributed by atoms with Crippen LogP contribution in [0.5, 0.6) is 11.5 Å². The normalized spacial score (nSPS) is 18.0. The zero-order valence-corrected chi connectivity index (χ0v) is 18.3. The molecule has 1 saturated heterocycles. The van der Waals surface area contributed by atoms with Crippen molar-refractivity contribution in [3.05, 3.63) is 34.1 Å². The van der Waals surface area contributed by atoms with Crippen molar-refractivity contribution in [3.63, 3.8) is 0 Å². The molecular weight excluding hydrogens is 402 g/mol. The van der Waals surface area contributed by atoms with Crippen molar-refractivity contribution in [2.45, 2.75) is 39.3 Å². The van der Waals surface area contributed by atoms with Crippen molar-refractivity contribution in [1.82, 2.24) is 15.2 Å². The minimum atomic E-state index is -0.122. The Morgan fingerprint density at radius 3 is 2.70 bits per heavy atom. The van der Waals surface area contributed by atoms with Crippen LogP contribution in [0.3, 0.4) is 0 Å². The maximum absolute atomic E-state index is 12.8. The number of H-pyrrole nitrogens is 1. The van der Waals surface area contributed by atoms with Crippen LogP contribution in [0.25, 0.3) is 10.9 Å². The molecule has 1 unspecified atom stereocenters. The van der Waals surface area contributed by atoms with Gasteiger partial charge in [0.05, 0.1) is 18.2 Å². The van der Waals surface area contributed by atoms with Crippen molar-refractivity contribution in [2.24, 2.45) is 5.92 Å². The van der Waals surface area contributed by atoms with Crippen LogP contribution in [-0.2, 0) is 11.3 Å². The SMILES string of the molecule is CC(C)CNC(=S)N(Cc1cc2cc3c(cc2[nH]c1=O)OCCO3)CC1CCCO1. The second kappa shape index (κ2) is 9.22. The summed E-state index contributed by atoms with van der Waals surface area (Å²) in [4.78, 5) is 17.8. The monoisotopic (exact) mass is 431 g/mol. The molecule has 0 aliphatic carbocycles. The lowest BCUT2D eigenvalue weighted by Gasteiger charge is -2.28. The molecule has 0 amide bonds. The highest BCUT2D eigenvalue weighted by atomic mass is 32.1. The van der Waals surface area contributed by atoms with Crippen molar-refractivity contribution >= 4 is 28.2 Å². The van der Waals surface area contributed by atoms with Crippen LogP contribution in [0, 0.1) is 5.92 Å². The molecule has 4 rings (SSSR count). The Hall–Kier alpha value is -2.32. The maximum atomic E-state index is 12.8. The minimum Gasteiger partial charge on any atom is -0.486 e. The predicted molar refractivity (Wildman–Crippen MR) is 120 cm³/mol. The van der Waals surface area contributed by atoms with Gasteiger partial charge in [0.2, 0.25) is 0 Å².